The Morgan fingerprint density at radius 1 is 1.09 bits per heavy atom. The van der Waals surface area contributed by atoms with Gasteiger partial charge in [-0.15, -0.1) is 17.0 Å². The average Bonchev–Trinajstić information content (AvgIpc) is 1.82. The maximum atomic E-state index is 10.9. The van der Waals surface area contributed by atoms with Crippen molar-refractivity contribution in [2.45, 2.75) is 0 Å². The van der Waals surface area contributed by atoms with E-state index in [1.807, 2.05) is 0 Å². The monoisotopic (exact) mass is 409 g/mol. The van der Waals surface area contributed by atoms with Crippen LogP contribution in [0, 0.1) is 5.21 Å². The summed E-state index contributed by atoms with van der Waals surface area (Å²) < 4.78 is 2.56. The maximum Gasteiger partial charge on any atom is 0.261 e. The number of halogens is 4. The molecule has 6 heteroatoms. The van der Waals surface area contributed by atoms with Gasteiger partial charge in [-0.1, -0.05) is 15.9 Å². The minimum Gasteiger partial charge on any atom is -0.617 e. The third-order valence-corrected chi connectivity index (χ3v) is 2.46. The molecule has 0 saturated carbocycles. The fourth-order valence-corrected chi connectivity index (χ4v) is 2.65. The van der Waals surface area contributed by atoms with E-state index in [0.29, 0.717) is 9.21 Å². The van der Waals surface area contributed by atoms with E-state index in [0.717, 1.165) is 9.20 Å². The second-order valence-corrected chi connectivity index (χ2v) is 4.15. The van der Waals surface area contributed by atoms with Crippen molar-refractivity contribution in [1.29, 1.82) is 0 Å². The van der Waals surface area contributed by atoms with Crippen LogP contribution < -0.4 is 4.73 Å². The fourth-order valence-electron chi connectivity index (χ4n) is 0.489. The summed E-state index contributed by atoms with van der Waals surface area (Å²) in [6.07, 6.45) is 0. The first kappa shape index (κ1) is 11.9. The number of hydrogen-bond donors (Lipinski definition) is 0. The minimum absolute atomic E-state index is 0. The first-order valence-electron chi connectivity index (χ1n) is 2.35. The van der Waals surface area contributed by atoms with Gasteiger partial charge < -0.3 is 5.21 Å². The summed E-state index contributed by atoms with van der Waals surface area (Å²) >= 11 is 9.41. The highest BCUT2D eigenvalue weighted by Gasteiger charge is 2.06. The van der Waals surface area contributed by atoms with Gasteiger partial charge in [-0.25, -0.2) is 0 Å². The fraction of sp³-hybridized carbons (Fsp3) is 0. The number of hydrogen-bond acceptors (Lipinski definition) is 1. The van der Waals surface area contributed by atoms with E-state index in [1.54, 1.807) is 12.1 Å². The summed E-state index contributed by atoms with van der Waals surface area (Å²) in [6, 6.07) is 3.36. The second kappa shape index (κ2) is 4.79. The molecule has 62 valence electrons. The Kier molecular flexibility index (Phi) is 5.17. The van der Waals surface area contributed by atoms with Gasteiger partial charge in [0, 0.05) is 48.5 Å². The predicted molar refractivity (Wildman–Crippen MR) is 58.8 cm³/mol. The molecule has 0 fully saturated rings. The Morgan fingerprint density at radius 3 is 1.82 bits per heavy atom. The molecule has 0 radical (unpaired) electrons. The second-order valence-electron chi connectivity index (χ2n) is 1.61. The van der Waals surface area contributed by atoms with Crippen molar-refractivity contribution < 1.29 is 4.73 Å². The average molecular weight is 413 g/mol. The summed E-state index contributed by atoms with van der Waals surface area (Å²) in [5, 5.41) is 10.9. The molecule has 0 spiro atoms. The van der Waals surface area contributed by atoms with Gasteiger partial charge in [0.05, 0.1) is 0 Å². The van der Waals surface area contributed by atoms with Crippen LogP contribution in [-0.2, 0) is 0 Å². The van der Waals surface area contributed by atoms with Crippen LogP contribution in [0.1, 0.15) is 0 Å². The predicted octanol–water partition coefficient (Wildman–Crippen LogP) is 3.19. The SMILES string of the molecule is Br.[O-][n+]1c(Br)cc(Br)cc1Br. The summed E-state index contributed by atoms with van der Waals surface area (Å²) in [5.41, 5.74) is 0. The molecule has 0 bridgehead atoms. The van der Waals surface area contributed by atoms with Gasteiger partial charge in [-0.2, -0.15) is 4.73 Å². The smallest absolute Gasteiger partial charge is 0.261 e. The van der Waals surface area contributed by atoms with Crippen molar-refractivity contribution in [1.82, 2.24) is 0 Å². The highest BCUT2D eigenvalue weighted by molar-refractivity contribution is 9.11. The molecular formula is C5H3Br4NO. The van der Waals surface area contributed by atoms with Crippen LogP contribution in [0.15, 0.2) is 25.8 Å². The summed E-state index contributed by atoms with van der Waals surface area (Å²) in [6.45, 7) is 0. The lowest BCUT2D eigenvalue weighted by Gasteiger charge is -2.00. The first-order chi connectivity index (χ1) is 4.61. The van der Waals surface area contributed by atoms with Gasteiger partial charge in [-0.3, -0.25) is 0 Å². The quantitative estimate of drug-likeness (QED) is 0.365. The molecule has 1 heterocycles. The van der Waals surface area contributed by atoms with Gasteiger partial charge in [0.1, 0.15) is 0 Å². The molecule has 2 nitrogen and oxygen atoms in total. The Bertz CT molecular complexity index is 242. The molecule has 0 N–H and O–H groups in total. The van der Waals surface area contributed by atoms with E-state index < -0.39 is 0 Å². The standard InChI is InChI=1S/C5H2Br3NO.BrH/c6-3-1-4(7)9(10)5(8)2-3;/h1-2H;1H. The number of rotatable bonds is 0. The normalized spacial score (nSPS) is 9.00. The van der Waals surface area contributed by atoms with Crippen molar-refractivity contribution in [3.63, 3.8) is 0 Å². The Labute approximate surface area is 99.7 Å². The highest BCUT2D eigenvalue weighted by Crippen LogP contribution is 2.17. The molecule has 0 unspecified atom stereocenters. The molecule has 0 saturated heterocycles. The van der Waals surface area contributed by atoms with Crippen LogP contribution in [-0.4, -0.2) is 0 Å². The van der Waals surface area contributed by atoms with E-state index in [1.165, 1.54) is 0 Å². The number of nitrogens with zero attached hydrogens (tertiary/aromatic N) is 1. The van der Waals surface area contributed by atoms with Crippen molar-refractivity contribution in [3.05, 3.63) is 31.0 Å². The largest absolute Gasteiger partial charge is 0.617 e. The van der Waals surface area contributed by atoms with Crippen LogP contribution >= 0.6 is 64.8 Å². The first-order valence-corrected chi connectivity index (χ1v) is 4.73. The molecule has 0 atom stereocenters. The topological polar surface area (TPSA) is 26.9 Å². The highest BCUT2D eigenvalue weighted by atomic mass is 79.9. The number of pyridine rings is 1. The van der Waals surface area contributed by atoms with Crippen LogP contribution in [0.25, 0.3) is 0 Å². The third-order valence-electron chi connectivity index (χ3n) is 0.902. The third kappa shape index (κ3) is 3.01. The van der Waals surface area contributed by atoms with Crippen molar-refractivity contribution in [3.8, 4) is 0 Å². The lowest BCUT2D eigenvalue weighted by molar-refractivity contribution is -0.629. The minimum atomic E-state index is 0. The molecule has 1 aromatic rings. The van der Waals surface area contributed by atoms with E-state index in [2.05, 4.69) is 47.8 Å². The summed E-state index contributed by atoms with van der Waals surface area (Å²) in [7, 11) is 0. The molecule has 0 aliphatic rings. The van der Waals surface area contributed by atoms with Gasteiger partial charge in [0.15, 0.2) is 0 Å². The van der Waals surface area contributed by atoms with Gasteiger partial charge >= 0.3 is 0 Å². The Hall–Kier alpha value is 0.870. The van der Waals surface area contributed by atoms with E-state index >= 15 is 0 Å². The molecule has 0 aromatic carbocycles. The van der Waals surface area contributed by atoms with Crippen LogP contribution in [0.5, 0.6) is 0 Å². The van der Waals surface area contributed by atoms with Crippen molar-refractivity contribution in [2.75, 3.05) is 0 Å². The molecule has 1 rings (SSSR count). The van der Waals surface area contributed by atoms with Crippen LogP contribution in [0.4, 0.5) is 0 Å². The van der Waals surface area contributed by atoms with Crippen LogP contribution in [0.3, 0.4) is 0 Å². The van der Waals surface area contributed by atoms with Gasteiger partial charge in [-0.05, 0) is 0 Å². The molecule has 0 aliphatic heterocycles. The number of aromatic nitrogens is 1. The van der Waals surface area contributed by atoms with Crippen molar-refractivity contribution >= 4 is 64.8 Å². The Morgan fingerprint density at radius 2 is 1.45 bits per heavy atom. The lowest BCUT2D eigenvalue weighted by atomic mass is 10.5. The molecule has 11 heavy (non-hydrogen) atoms. The van der Waals surface area contributed by atoms with Gasteiger partial charge in [0.25, 0.3) is 9.21 Å². The maximum absolute atomic E-state index is 10.9. The molecule has 0 aliphatic carbocycles. The Balaban J connectivity index is 0.000001000. The van der Waals surface area contributed by atoms with Crippen molar-refractivity contribution in [2.24, 2.45) is 0 Å². The van der Waals surface area contributed by atoms with E-state index in [-0.39, 0.29) is 17.0 Å². The summed E-state index contributed by atoms with van der Waals surface area (Å²) in [5.74, 6) is 0. The van der Waals surface area contributed by atoms with E-state index in [4.69, 9.17) is 0 Å². The molecular weight excluding hydrogens is 410 g/mol. The molecule has 1 aromatic heterocycles. The summed E-state index contributed by atoms with van der Waals surface area (Å²) in [4.78, 5) is 0. The lowest BCUT2D eigenvalue weighted by Crippen LogP contribution is -2.29. The zero-order valence-electron chi connectivity index (χ0n) is 5.05. The van der Waals surface area contributed by atoms with E-state index in [9.17, 15) is 5.21 Å². The zero-order valence-corrected chi connectivity index (χ0v) is 11.5. The van der Waals surface area contributed by atoms with Gasteiger partial charge in [0.2, 0.25) is 0 Å². The molecule has 0 amide bonds. The zero-order chi connectivity index (χ0) is 7.72. The van der Waals surface area contributed by atoms with Crippen LogP contribution in [0.2, 0.25) is 0 Å².